The number of rotatable bonds is 3. The number of halogens is 1. The van der Waals surface area contributed by atoms with E-state index in [1.54, 1.807) is 0 Å². The molecule has 0 atom stereocenters. The van der Waals surface area contributed by atoms with Gasteiger partial charge in [0.15, 0.2) is 0 Å². The molecule has 0 unspecified atom stereocenters. The van der Waals surface area contributed by atoms with Crippen molar-refractivity contribution >= 4 is 21.6 Å². The van der Waals surface area contributed by atoms with Gasteiger partial charge in [-0.3, -0.25) is 4.40 Å². The second kappa shape index (κ2) is 4.33. The van der Waals surface area contributed by atoms with E-state index < -0.39 is 0 Å². The summed E-state index contributed by atoms with van der Waals surface area (Å²) in [6.07, 6.45) is 1.90. The zero-order valence-electron chi connectivity index (χ0n) is 8.70. The first-order valence-corrected chi connectivity index (χ1v) is 5.86. The highest BCUT2D eigenvalue weighted by atomic mass is 79.9. The maximum Gasteiger partial charge on any atom is 0.138 e. The topological polar surface area (TPSA) is 43.3 Å². The number of nitrogens with zero attached hydrogens (tertiary/aromatic N) is 2. The molecule has 0 aliphatic heterocycles. The number of nitrogens with two attached hydrogens (primary N) is 1. The molecule has 0 saturated heterocycles. The van der Waals surface area contributed by atoms with Gasteiger partial charge in [-0.15, -0.1) is 0 Å². The molecule has 15 heavy (non-hydrogen) atoms. The Bertz CT molecular complexity index is 476. The largest absolute Gasteiger partial charge is 0.330 e. The molecular formula is C11H14BrN3. The minimum Gasteiger partial charge on any atom is -0.330 e. The van der Waals surface area contributed by atoms with E-state index in [0.29, 0.717) is 6.54 Å². The smallest absolute Gasteiger partial charge is 0.138 e. The third kappa shape index (κ3) is 1.92. The van der Waals surface area contributed by atoms with E-state index in [4.69, 9.17) is 5.73 Å². The van der Waals surface area contributed by atoms with Crippen LogP contribution in [0.2, 0.25) is 0 Å². The summed E-state index contributed by atoms with van der Waals surface area (Å²) in [7, 11) is 0. The molecule has 2 rings (SSSR count). The van der Waals surface area contributed by atoms with Crippen LogP contribution in [-0.2, 0) is 6.42 Å². The molecule has 0 spiro atoms. The molecule has 3 nitrogen and oxygen atoms in total. The Labute approximate surface area is 97.4 Å². The summed E-state index contributed by atoms with van der Waals surface area (Å²) in [5.41, 5.74) is 8.77. The number of aromatic nitrogens is 2. The van der Waals surface area contributed by atoms with Crippen LogP contribution < -0.4 is 5.73 Å². The molecule has 0 aromatic carbocycles. The van der Waals surface area contributed by atoms with Crippen molar-refractivity contribution < 1.29 is 0 Å². The average molecular weight is 268 g/mol. The SMILES string of the molecule is Cc1cccc2nc(CCCN)c(Br)n12. The molecule has 0 bridgehead atoms. The van der Waals surface area contributed by atoms with Crippen LogP contribution in [0.25, 0.3) is 5.65 Å². The van der Waals surface area contributed by atoms with Gasteiger partial charge < -0.3 is 5.73 Å². The second-order valence-corrected chi connectivity index (χ2v) is 4.35. The van der Waals surface area contributed by atoms with Crippen molar-refractivity contribution in [1.82, 2.24) is 9.38 Å². The van der Waals surface area contributed by atoms with E-state index in [-0.39, 0.29) is 0 Å². The van der Waals surface area contributed by atoms with Crippen LogP contribution in [0.1, 0.15) is 17.8 Å². The summed E-state index contributed by atoms with van der Waals surface area (Å²) in [6.45, 7) is 2.78. The van der Waals surface area contributed by atoms with Crippen LogP contribution in [0, 0.1) is 6.92 Å². The number of hydrogen-bond donors (Lipinski definition) is 1. The van der Waals surface area contributed by atoms with Gasteiger partial charge in [0.05, 0.1) is 5.69 Å². The number of aryl methyl sites for hydroxylation is 2. The Balaban J connectivity index is 2.50. The molecule has 2 aromatic heterocycles. The number of hydrogen-bond acceptors (Lipinski definition) is 2. The van der Waals surface area contributed by atoms with Gasteiger partial charge in [-0.25, -0.2) is 4.98 Å². The van der Waals surface area contributed by atoms with E-state index in [2.05, 4.69) is 38.3 Å². The Morgan fingerprint density at radius 2 is 2.27 bits per heavy atom. The summed E-state index contributed by atoms with van der Waals surface area (Å²) < 4.78 is 3.18. The summed E-state index contributed by atoms with van der Waals surface area (Å²) in [6, 6.07) is 6.12. The lowest BCUT2D eigenvalue weighted by atomic mass is 10.2. The summed E-state index contributed by atoms with van der Waals surface area (Å²) >= 11 is 3.59. The molecule has 0 saturated carbocycles. The fourth-order valence-electron chi connectivity index (χ4n) is 1.69. The Hall–Kier alpha value is -0.870. The lowest BCUT2D eigenvalue weighted by molar-refractivity contribution is 0.812. The third-order valence-electron chi connectivity index (χ3n) is 2.47. The Morgan fingerprint density at radius 1 is 1.47 bits per heavy atom. The number of imidazole rings is 1. The molecule has 0 radical (unpaired) electrons. The van der Waals surface area contributed by atoms with Crippen molar-refractivity contribution in [2.75, 3.05) is 6.54 Å². The maximum atomic E-state index is 5.50. The number of fused-ring (bicyclic) bond motifs is 1. The molecule has 80 valence electrons. The predicted molar refractivity (Wildman–Crippen MR) is 65.0 cm³/mol. The zero-order valence-corrected chi connectivity index (χ0v) is 10.3. The highest BCUT2D eigenvalue weighted by molar-refractivity contribution is 9.10. The molecule has 0 fully saturated rings. The molecule has 2 N–H and O–H groups in total. The molecule has 0 amide bonds. The van der Waals surface area contributed by atoms with Gasteiger partial charge in [0.25, 0.3) is 0 Å². The van der Waals surface area contributed by atoms with Gasteiger partial charge >= 0.3 is 0 Å². The van der Waals surface area contributed by atoms with E-state index in [0.717, 1.165) is 28.8 Å². The molecule has 0 aliphatic rings. The summed E-state index contributed by atoms with van der Waals surface area (Å²) in [5, 5.41) is 0. The molecule has 2 aromatic rings. The molecule has 4 heteroatoms. The van der Waals surface area contributed by atoms with Crippen LogP contribution >= 0.6 is 15.9 Å². The van der Waals surface area contributed by atoms with E-state index >= 15 is 0 Å². The van der Waals surface area contributed by atoms with Crippen LogP contribution in [0.15, 0.2) is 22.8 Å². The van der Waals surface area contributed by atoms with Gasteiger partial charge in [0.1, 0.15) is 10.3 Å². The van der Waals surface area contributed by atoms with E-state index in [1.807, 2.05) is 12.1 Å². The van der Waals surface area contributed by atoms with Crippen molar-refractivity contribution in [2.24, 2.45) is 5.73 Å². The van der Waals surface area contributed by atoms with Crippen LogP contribution in [0.4, 0.5) is 0 Å². The van der Waals surface area contributed by atoms with Crippen molar-refractivity contribution in [3.05, 3.63) is 34.2 Å². The Morgan fingerprint density at radius 3 is 2.93 bits per heavy atom. The quantitative estimate of drug-likeness (QED) is 0.928. The van der Waals surface area contributed by atoms with Gasteiger partial charge in [-0.2, -0.15) is 0 Å². The van der Waals surface area contributed by atoms with Crippen molar-refractivity contribution in [3.8, 4) is 0 Å². The fraction of sp³-hybridized carbons (Fsp3) is 0.364. The minimum atomic E-state index is 0.708. The molecule has 0 aliphatic carbocycles. The maximum absolute atomic E-state index is 5.50. The Kier molecular flexibility index (Phi) is 3.07. The first-order chi connectivity index (χ1) is 7.24. The first kappa shape index (κ1) is 10.6. The zero-order chi connectivity index (χ0) is 10.8. The summed E-state index contributed by atoms with van der Waals surface area (Å²) in [4.78, 5) is 4.57. The minimum absolute atomic E-state index is 0.708. The second-order valence-electron chi connectivity index (χ2n) is 3.60. The van der Waals surface area contributed by atoms with Crippen molar-refractivity contribution in [1.29, 1.82) is 0 Å². The number of pyridine rings is 1. The normalized spacial score (nSPS) is 11.1. The van der Waals surface area contributed by atoms with Crippen LogP contribution in [-0.4, -0.2) is 15.9 Å². The standard InChI is InChI=1S/C11H14BrN3/c1-8-4-2-6-10-14-9(5-3-7-13)11(12)15(8)10/h2,4,6H,3,5,7,13H2,1H3. The van der Waals surface area contributed by atoms with Gasteiger partial charge in [-0.05, 0) is 54.4 Å². The fourth-order valence-corrected chi connectivity index (χ4v) is 2.44. The molecule has 2 heterocycles. The average Bonchev–Trinajstić information content (AvgIpc) is 2.54. The first-order valence-electron chi connectivity index (χ1n) is 5.06. The van der Waals surface area contributed by atoms with Crippen molar-refractivity contribution in [2.45, 2.75) is 19.8 Å². The summed E-state index contributed by atoms with van der Waals surface area (Å²) in [5.74, 6) is 0. The lowest BCUT2D eigenvalue weighted by Crippen LogP contribution is -2.00. The third-order valence-corrected chi connectivity index (χ3v) is 3.28. The highest BCUT2D eigenvalue weighted by Crippen LogP contribution is 2.21. The highest BCUT2D eigenvalue weighted by Gasteiger charge is 2.09. The molecular weight excluding hydrogens is 254 g/mol. The van der Waals surface area contributed by atoms with E-state index in [1.165, 1.54) is 5.69 Å². The van der Waals surface area contributed by atoms with Crippen molar-refractivity contribution in [3.63, 3.8) is 0 Å². The van der Waals surface area contributed by atoms with Gasteiger partial charge in [0, 0.05) is 5.69 Å². The monoisotopic (exact) mass is 267 g/mol. The van der Waals surface area contributed by atoms with Gasteiger partial charge in [-0.1, -0.05) is 6.07 Å². The lowest BCUT2D eigenvalue weighted by Gasteiger charge is -2.00. The predicted octanol–water partition coefficient (Wildman–Crippen LogP) is 2.30. The van der Waals surface area contributed by atoms with Gasteiger partial charge in [0.2, 0.25) is 0 Å². The van der Waals surface area contributed by atoms with Crippen LogP contribution in [0.3, 0.4) is 0 Å². The van der Waals surface area contributed by atoms with E-state index in [9.17, 15) is 0 Å². The van der Waals surface area contributed by atoms with Crippen LogP contribution in [0.5, 0.6) is 0 Å².